The van der Waals surface area contributed by atoms with Gasteiger partial charge in [0.1, 0.15) is 0 Å². The van der Waals surface area contributed by atoms with E-state index in [1.165, 1.54) is 12.8 Å². The summed E-state index contributed by atoms with van der Waals surface area (Å²) in [6.07, 6.45) is 3.37. The van der Waals surface area contributed by atoms with Crippen molar-refractivity contribution in [2.75, 3.05) is 25.1 Å². The van der Waals surface area contributed by atoms with Crippen LogP contribution in [0.1, 0.15) is 6.04 Å². The fourth-order valence-corrected chi connectivity index (χ4v) is 3.72. The molecule has 0 N–H and O–H groups in total. The predicted octanol–water partition coefficient (Wildman–Crippen LogP) is 3.17. The Morgan fingerprint density at radius 3 is 2.27 bits per heavy atom. The average Bonchev–Trinajstić information content (AvgIpc) is 3.24. The molecule has 0 bridgehead atoms. The van der Waals surface area contributed by atoms with Gasteiger partial charge in [0.05, 0.1) is 36.9 Å². The average molecular weight is 399 g/mol. The Labute approximate surface area is 173 Å². The van der Waals surface area contributed by atoms with E-state index in [1.54, 1.807) is 23.1 Å². The minimum Gasteiger partial charge on any atom is -0.491 e. The van der Waals surface area contributed by atoms with Crippen molar-refractivity contribution in [2.45, 2.75) is 6.04 Å². The van der Waals surface area contributed by atoms with Crippen LogP contribution in [0.3, 0.4) is 0 Å². The topological polar surface area (TPSA) is 65.2 Å². The Hall–Kier alpha value is -3.87. The van der Waals surface area contributed by atoms with Gasteiger partial charge in [0.15, 0.2) is 11.4 Å². The SMILES string of the molecule is COc1cn(C2CN(c3ccccc3)C2)nc(-c2ccnn2-c2ccccc2)c1=O. The van der Waals surface area contributed by atoms with Crippen molar-refractivity contribution in [1.29, 1.82) is 0 Å². The number of nitrogens with zero attached hydrogens (tertiary/aromatic N) is 5. The van der Waals surface area contributed by atoms with Crippen LogP contribution in [0.2, 0.25) is 0 Å². The van der Waals surface area contributed by atoms with Gasteiger partial charge >= 0.3 is 0 Å². The molecule has 1 aliphatic heterocycles. The number of aromatic nitrogens is 4. The maximum Gasteiger partial charge on any atom is 0.251 e. The smallest absolute Gasteiger partial charge is 0.251 e. The van der Waals surface area contributed by atoms with Gasteiger partial charge in [-0.25, -0.2) is 4.68 Å². The maximum absolute atomic E-state index is 13.0. The Balaban J connectivity index is 1.51. The highest BCUT2D eigenvalue weighted by molar-refractivity contribution is 5.58. The zero-order valence-electron chi connectivity index (χ0n) is 16.5. The molecule has 0 spiro atoms. The third kappa shape index (κ3) is 3.14. The van der Waals surface area contributed by atoms with Gasteiger partial charge in [-0.05, 0) is 30.3 Å². The summed E-state index contributed by atoms with van der Waals surface area (Å²) in [4.78, 5) is 15.3. The fraction of sp³-hybridized carbons (Fsp3) is 0.174. The summed E-state index contributed by atoms with van der Waals surface area (Å²) in [6.45, 7) is 1.64. The molecule has 0 unspecified atom stereocenters. The summed E-state index contributed by atoms with van der Waals surface area (Å²) < 4.78 is 8.95. The molecule has 0 saturated carbocycles. The first-order valence-corrected chi connectivity index (χ1v) is 9.82. The number of rotatable bonds is 5. The van der Waals surface area contributed by atoms with Gasteiger partial charge in [0, 0.05) is 18.8 Å². The van der Waals surface area contributed by atoms with Gasteiger partial charge in [-0.1, -0.05) is 36.4 Å². The summed E-state index contributed by atoms with van der Waals surface area (Å²) in [7, 11) is 1.51. The first-order valence-electron chi connectivity index (χ1n) is 9.82. The minimum atomic E-state index is -0.245. The van der Waals surface area contributed by atoms with E-state index in [0.717, 1.165) is 18.8 Å². The summed E-state index contributed by atoms with van der Waals surface area (Å²) in [5, 5.41) is 9.10. The van der Waals surface area contributed by atoms with Crippen LogP contribution in [0, 0.1) is 0 Å². The van der Waals surface area contributed by atoms with E-state index >= 15 is 0 Å². The lowest BCUT2D eigenvalue weighted by Gasteiger charge is -2.41. The van der Waals surface area contributed by atoms with E-state index in [-0.39, 0.29) is 17.2 Å². The molecule has 7 nitrogen and oxygen atoms in total. The highest BCUT2D eigenvalue weighted by Gasteiger charge is 2.30. The van der Waals surface area contributed by atoms with Crippen molar-refractivity contribution in [1.82, 2.24) is 19.6 Å². The van der Waals surface area contributed by atoms with E-state index in [9.17, 15) is 4.79 Å². The second-order valence-corrected chi connectivity index (χ2v) is 7.21. The molecular formula is C23H21N5O2. The van der Waals surface area contributed by atoms with Crippen LogP contribution in [-0.2, 0) is 0 Å². The molecule has 7 heteroatoms. The fourth-order valence-electron chi connectivity index (χ4n) is 3.72. The standard InChI is InChI=1S/C23H21N5O2/c1-30-21-16-27(19-14-26(15-19)17-8-4-2-5-9-17)25-22(23(21)29)20-12-13-24-28(20)18-10-6-3-7-11-18/h2-13,16,19H,14-15H2,1H3. The molecule has 30 heavy (non-hydrogen) atoms. The predicted molar refractivity (Wildman–Crippen MR) is 115 cm³/mol. The molecule has 0 radical (unpaired) electrons. The molecule has 0 atom stereocenters. The normalized spacial score (nSPS) is 13.8. The van der Waals surface area contributed by atoms with Crippen molar-refractivity contribution >= 4 is 5.69 Å². The monoisotopic (exact) mass is 399 g/mol. The second-order valence-electron chi connectivity index (χ2n) is 7.21. The molecule has 1 saturated heterocycles. The second kappa shape index (κ2) is 7.51. The van der Waals surface area contributed by atoms with Crippen LogP contribution < -0.4 is 15.1 Å². The molecule has 0 aliphatic carbocycles. The zero-order valence-corrected chi connectivity index (χ0v) is 16.5. The summed E-state index contributed by atoms with van der Waals surface area (Å²) >= 11 is 0. The van der Waals surface area contributed by atoms with Crippen LogP contribution in [0.4, 0.5) is 5.69 Å². The van der Waals surface area contributed by atoms with Crippen LogP contribution in [0.15, 0.2) is 83.9 Å². The Bertz CT molecular complexity index is 1210. The van der Waals surface area contributed by atoms with Gasteiger partial charge in [-0.15, -0.1) is 0 Å². The molecule has 5 rings (SSSR count). The van der Waals surface area contributed by atoms with Gasteiger partial charge in [0.2, 0.25) is 0 Å². The molecule has 2 aromatic heterocycles. The van der Waals surface area contributed by atoms with Gasteiger partial charge in [-0.2, -0.15) is 10.2 Å². The molecular weight excluding hydrogens is 378 g/mol. The highest BCUT2D eigenvalue weighted by atomic mass is 16.5. The van der Waals surface area contributed by atoms with Crippen molar-refractivity contribution < 1.29 is 4.74 Å². The summed E-state index contributed by atoms with van der Waals surface area (Å²) in [5.74, 6) is 0.277. The Morgan fingerprint density at radius 1 is 0.933 bits per heavy atom. The van der Waals surface area contributed by atoms with Crippen molar-refractivity contribution in [3.8, 4) is 22.8 Å². The quantitative estimate of drug-likeness (QED) is 0.516. The summed E-state index contributed by atoms with van der Waals surface area (Å²) in [6, 6.07) is 21.9. The van der Waals surface area contributed by atoms with E-state index in [4.69, 9.17) is 9.84 Å². The van der Waals surface area contributed by atoms with E-state index in [1.807, 2.05) is 53.2 Å². The van der Waals surface area contributed by atoms with Crippen molar-refractivity contribution in [3.05, 3.63) is 89.3 Å². The first-order chi connectivity index (χ1) is 14.7. The number of para-hydroxylation sites is 2. The lowest BCUT2D eigenvalue weighted by Crippen LogP contribution is -2.48. The molecule has 0 amide bonds. The maximum atomic E-state index is 13.0. The van der Waals surface area contributed by atoms with Crippen LogP contribution >= 0.6 is 0 Å². The Kier molecular flexibility index (Phi) is 4.55. The molecule has 2 aromatic carbocycles. The molecule has 1 aliphatic rings. The van der Waals surface area contributed by atoms with E-state index in [2.05, 4.69) is 22.1 Å². The molecule has 150 valence electrons. The largest absolute Gasteiger partial charge is 0.491 e. The van der Waals surface area contributed by atoms with Gasteiger partial charge in [-0.3, -0.25) is 9.48 Å². The molecule has 3 heterocycles. The van der Waals surface area contributed by atoms with E-state index < -0.39 is 0 Å². The van der Waals surface area contributed by atoms with Crippen LogP contribution in [-0.4, -0.2) is 39.8 Å². The first kappa shape index (κ1) is 18.2. The Morgan fingerprint density at radius 2 is 1.60 bits per heavy atom. The number of benzene rings is 2. The van der Waals surface area contributed by atoms with Crippen molar-refractivity contribution in [3.63, 3.8) is 0 Å². The van der Waals surface area contributed by atoms with Crippen LogP contribution in [0.5, 0.6) is 5.75 Å². The summed E-state index contributed by atoms with van der Waals surface area (Å²) in [5.41, 5.74) is 2.77. The third-order valence-corrected chi connectivity index (χ3v) is 5.37. The molecule has 4 aromatic rings. The minimum absolute atomic E-state index is 0.159. The zero-order chi connectivity index (χ0) is 20.5. The van der Waals surface area contributed by atoms with Gasteiger partial charge in [0.25, 0.3) is 5.43 Å². The number of anilines is 1. The molecule has 1 fully saturated rings. The van der Waals surface area contributed by atoms with E-state index in [0.29, 0.717) is 11.4 Å². The van der Waals surface area contributed by atoms with Gasteiger partial charge < -0.3 is 9.64 Å². The number of hydrogen-bond acceptors (Lipinski definition) is 5. The van der Waals surface area contributed by atoms with Crippen molar-refractivity contribution in [2.24, 2.45) is 0 Å². The number of methoxy groups -OCH3 is 1. The lowest BCUT2D eigenvalue weighted by atomic mass is 10.1. The number of hydrogen-bond donors (Lipinski definition) is 0. The highest BCUT2D eigenvalue weighted by Crippen LogP contribution is 2.28. The third-order valence-electron chi connectivity index (χ3n) is 5.37. The number of ether oxygens (including phenoxy) is 1. The lowest BCUT2D eigenvalue weighted by molar-refractivity contribution is 0.346. The van der Waals surface area contributed by atoms with Crippen LogP contribution in [0.25, 0.3) is 17.1 Å².